The first-order chi connectivity index (χ1) is 29.0. The van der Waals surface area contributed by atoms with Crippen LogP contribution in [-0.2, 0) is 26.2 Å². The number of aldehydes is 2. The number of aromatic hydroxyl groups is 1. The number of carbonyl (C=O) groups excluding carboxylic acids is 2. The van der Waals surface area contributed by atoms with Crippen molar-refractivity contribution in [2.24, 2.45) is 47.2 Å². The van der Waals surface area contributed by atoms with E-state index in [0.29, 0.717) is 38.5 Å². The van der Waals surface area contributed by atoms with Crippen LogP contribution in [0.1, 0.15) is 106 Å². The van der Waals surface area contributed by atoms with Crippen molar-refractivity contribution in [3.63, 3.8) is 0 Å². The number of carbonyl (C=O) groups is 3. The topological polar surface area (TPSA) is 158 Å². The monoisotopic (exact) mass is 813 g/mol. The number of unbranched alkanes of at least 4 members (excludes halogenated alkanes) is 2. The lowest BCUT2D eigenvalue weighted by molar-refractivity contribution is -0.212. The highest BCUT2D eigenvalue weighted by Gasteiger charge is 2.56. The molecule has 0 saturated heterocycles. The summed E-state index contributed by atoms with van der Waals surface area (Å²) in [5, 5.41) is 47.4. The minimum absolute atomic E-state index is 0.00701. The number of hydrogen-bond acceptors (Lipinski definition) is 7. The smallest absolute Gasteiger partial charge is 0.308 e. The van der Waals surface area contributed by atoms with Crippen LogP contribution in [0.4, 0.5) is 0 Å². The molecule has 3 aromatic carbocycles. The van der Waals surface area contributed by atoms with E-state index >= 15 is 0 Å². The van der Waals surface area contributed by atoms with E-state index < -0.39 is 35.4 Å². The molecule has 0 aromatic heterocycles. The third kappa shape index (κ3) is 9.62. The highest BCUT2D eigenvalue weighted by Crippen LogP contribution is 2.55. The van der Waals surface area contributed by atoms with E-state index in [4.69, 9.17) is 5.73 Å². The fraction of sp³-hybridized carbons (Fsp3) is 0.481. The first-order valence-electron chi connectivity index (χ1n) is 22.3. The van der Waals surface area contributed by atoms with Crippen molar-refractivity contribution in [1.29, 1.82) is 0 Å². The normalized spacial score (nSPS) is 28.6. The predicted molar refractivity (Wildman–Crippen MR) is 235 cm³/mol. The van der Waals surface area contributed by atoms with Crippen molar-refractivity contribution >= 4 is 30.7 Å². The van der Waals surface area contributed by atoms with Gasteiger partial charge < -0.3 is 35.7 Å². The molecule has 3 aromatic rings. The Labute approximate surface area is 354 Å². The molecular weight excluding hydrogens is 751 g/mol. The Morgan fingerprint density at radius 1 is 0.917 bits per heavy atom. The predicted octanol–water partition coefficient (Wildman–Crippen LogP) is 7.26. The third-order valence-electron chi connectivity index (χ3n) is 14.7. The van der Waals surface area contributed by atoms with Gasteiger partial charge in [0.15, 0.2) is 5.79 Å². The molecule has 7 rings (SSSR count). The fourth-order valence-electron chi connectivity index (χ4n) is 11.5. The number of phenols is 1. The number of aliphatic carboxylic acids is 1. The first-order valence-corrected chi connectivity index (χ1v) is 22.3. The number of aliphatic hydroxyl groups is 2. The van der Waals surface area contributed by atoms with E-state index in [1.807, 2.05) is 42.5 Å². The minimum atomic E-state index is -2.59. The molecule has 8 heteroatoms. The van der Waals surface area contributed by atoms with Gasteiger partial charge in [-0.25, -0.2) is 0 Å². The summed E-state index contributed by atoms with van der Waals surface area (Å²) in [6, 6.07) is 24.0. The van der Waals surface area contributed by atoms with Crippen LogP contribution in [0.5, 0.6) is 5.75 Å². The molecule has 9 atom stereocenters. The molecule has 60 heavy (non-hydrogen) atoms. The number of carboxylic acids is 1. The number of rotatable bonds is 15. The Kier molecular flexibility index (Phi) is 14.0. The molecular formula is C52H63NO7. The van der Waals surface area contributed by atoms with Crippen molar-refractivity contribution in [1.82, 2.24) is 0 Å². The zero-order valence-corrected chi connectivity index (χ0v) is 34.8. The van der Waals surface area contributed by atoms with Gasteiger partial charge in [0.05, 0.1) is 12.3 Å². The van der Waals surface area contributed by atoms with E-state index in [1.54, 1.807) is 18.2 Å². The standard InChI is InChI=1S/C52H63NO7/c53-26-23-35-16-17-41(28-35)43(34-55)12-3-1-2-9-37-13-7-15-48(52(59,60)25-27-54)49(50(57)58)51(24-22-42-31-39-10-4-5-11-40(39)32-44(42)33-51)45-14-6-8-36(29-45)30-47(37)38-18-20-46(56)21-19-38/h4-8,10-11,14-15,18-21,27-29,31-32,34,37,41-44,47-49,56,59-60H,1-3,9,12-13,16-17,22-26,30,33,53H2,(H,57,58)/b15-7-/t37-,41+,42-,43-,44-,47+,48+,49-,51+/m1/s1. The summed E-state index contributed by atoms with van der Waals surface area (Å²) >= 11 is 0. The SMILES string of the molecule is NCCC1=C[C@@H]([C@@H](C=O)CCCCC[C@@H]2C/C=C\[C@H](C(O)(O)CC=O)[C@H](C(=O)O)[C@]3(CC[C@@H]4C=c5ccccc5=C[C@@H]4C3)c3cccc(c3)C[C@@H]2c2ccc(O)cc2)CC1. The maximum absolute atomic E-state index is 13.9. The van der Waals surface area contributed by atoms with Gasteiger partial charge in [0.1, 0.15) is 18.3 Å². The highest BCUT2D eigenvalue weighted by molar-refractivity contribution is 5.74. The molecule has 318 valence electrons. The number of fused-ring (bicyclic) bond motifs is 5. The number of hydrogen-bond donors (Lipinski definition) is 5. The van der Waals surface area contributed by atoms with Crippen LogP contribution in [-0.4, -0.2) is 51.3 Å². The van der Waals surface area contributed by atoms with Crippen LogP contribution in [0.2, 0.25) is 0 Å². The summed E-state index contributed by atoms with van der Waals surface area (Å²) < 4.78 is 0. The molecule has 1 saturated carbocycles. The van der Waals surface area contributed by atoms with Crippen molar-refractivity contribution in [2.75, 3.05) is 6.54 Å². The second kappa shape index (κ2) is 19.4. The van der Waals surface area contributed by atoms with Gasteiger partial charge in [-0.05, 0) is 140 Å². The molecule has 4 aliphatic carbocycles. The van der Waals surface area contributed by atoms with Gasteiger partial charge in [0, 0.05) is 17.3 Å². The molecule has 0 radical (unpaired) electrons. The second-order valence-corrected chi connectivity index (χ2v) is 18.3. The maximum Gasteiger partial charge on any atom is 0.308 e. The Balaban J connectivity index is 1.23. The summed E-state index contributed by atoms with van der Waals surface area (Å²) in [7, 11) is 0. The van der Waals surface area contributed by atoms with Crippen molar-refractivity contribution in [2.45, 2.75) is 107 Å². The molecule has 4 aliphatic rings. The molecule has 2 bridgehead atoms. The van der Waals surface area contributed by atoms with Crippen LogP contribution in [0.3, 0.4) is 0 Å². The van der Waals surface area contributed by atoms with E-state index in [9.17, 15) is 34.8 Å². The van der Waals surface area contributed by atoms with E-state index in [1.165, 1.54) is 10.8 Å². The number of nitrogens with two attached hydrogens (primary N) is 1. The van der Waals surface area contributed by atoms with Crippen LogP contribution >= 0.6 is 0 Å². The largest absolute Gasteiger partial charge is 0.508 e. The Hall–Kier alpha value is -4.63. The Bertz CT molecular complexity index is 2160. The van der Waals surface area contributed by atoms with Crippen molar-refractivity contribution in [3.05, 3.63) is 124 Å². The van der Waals surface area contributed by atoms with Gasteiger partial charge in [-0.1, -0.05) is 116 Å². The summed E-state index contributed by atoms with van der Waals surface area (Å²) in [5.41, 5.74) is 9.23. The number of phenolic OH excluding ortho intramolecular Hbond substituents is 1. The molecule has 8 nitrogen and oxygen atoms in total. The second-order valence-electron chi connectivity index (χ2n) is 18.3. The zero-order valence-electron chi connectivity index (χ0n) is 34.8. The summed E-state index contributed by atoms with van der Waals surface area (Å²) in [6.45, 7) is 0.632. The number of allylic oxidation sites excluding steroid dienone is 2. The minimum Gasteiger partial charge on any atom is -0.508 e. The number of carboxylic acid groups (broad SMARTS) is 1. The first kappa shape index (κ1) is 43.5. The average molecular weight is 814 g/mol. The average Bonchev–Trinajstić information content (AvgIpc) is 3.70. The lowest BCUT2D eigenvalue weighted by Gasteiger charge is -2.51. The Morgan fingerprint density at radius 3 is 2.40 bits per heavy atom. The quantitative estimate of drug-likeness (QED) is 0.0465. The molecule has 1 spiro atoms. The van der Waals surface area contributed by atoms with Crippen LogP contribution in [0.15, 0.2) is 96.6 Å². The fourth-order valence-corrected chi connectivity index (χ4v) is 11.5. The summed E-state index contributed by atoms with van der Waals surface area (Å²) in [6.07, 6.45) is 21.9. The molecule has 0 heterocycles. The van der Waals surface area contributed by atoms with Crippen LogP contribution in [0.25, 0.3) is 12.2 Å². The van der Waals surface area contributed by atoms with Crippen LogP contribution in [0, 0.1) is 41.4 Å². The highest BCUT2D eigenvalue weighted by atomic mass is 16.5. The van der Waals surface area contributed by atoms with E-state index in [-0.39, 0.29) is 41.3 Å². The zero-order chi connectivity index (χ0) is 42.3. The van der Waals surface area contributed by atoms with Crippen LogP contribution < -0.4 is 16.2 Å². The van der Waals surface area contributed by atoms with E-state index in [0.717, 1.165) is 86.0 Å². The van der Waals surface area contributed by atoms with Gasteiger partial charge in [-0.15, -0.1) is 0 Å². The van der Waals surface area contributed by atoms with Gasteiger partial charge in [-0.3, -0.25) is 4.79 Å². The Morgan fingerprint density at radius 2 is 1.68 bits per heavy atom. The number of benzene rings is 3. The lowest BCUT2D eigenvalue weighted by Crippen LogP contribution is -2.55. The third-order valence-corrected chi connectivity index (χ3v) is 14.7. The molecule has 6 N–H and O–H groups in total. The maximum atomic E-state index is 13.9. The summed E-state index contributed by atoms with van der Waals surface area (Å²) in [5.74, 6) is -5.34. The lowest BCUT2D eigenvalue weighted by atomic mass is 9.53. The van der Waals surface area contributed by atoms with Gasteiger partial charge >= 0.3 is 5.97 Å². The molecule has 0 aliphatic heterocycles. The summed E-state index contributed by atoms with van der Waals surface area (Å²) in [4.78, 5) is 38.1. The molecule has 0 unspecified atom stereocenters. The molecule has 1 fully saturated rings. The van der Waals surface area contributed by atoms with Gasteiger partial charge in [0.2, 0.25) is 0 Å². The molecule has 0 amide bonds. The van der Waals surface area contributed by atoms with Gasteiger partial charge in [-0.2, -0.15) is 0 Å². The van der Waals surface area contributed by atoms with Crippen molar-refractivity contribution < 1.29 is 34.8 Å². The van der Waals surface area contributed by atoms with Crippen molar-refractivity contribution in [3.8, 4) is 5.75 Å². The van der Waals surface area contributed by atoms with Gasteiger partial charge in [0.25, 0.3) is 0 Å². The van der Waals surface area contributed by atoms with E-state index in [2.05, 4.69) is 42.5 Å².